The van der Waals surface area contributed by atoms with Crippen LogP contribution < -0.4 is 0 Å². The molecule has 0 saturated carbocycles. The van der Waals surface area contributed by atoms with Crippen molar-refractivity contribution in [2.75, 3.05) is 7.05 Å². The lowest BCUT2D eigenvalue weighted by Crippen LogP contribution is -2.41. The van der Waals surface area contributed by atoms with Crippen LogP contribution in [0, 0.1) is 11.8 Å². The van der Waals surface area contributed by atoms with Crippen molar-refractivity contribution in [3.05, 3.63) is 70.3 Å². The zero-order valence-electron chi connectivity index (χ0n) is 14.7. The summed E-state index contributed by atoms with van der Waals surface area (Å²) in [5.74, 6) is -0.0641. The quantitative estimate of drug-likeness (QED) is 0.748. The van der Waals surface area contributed by atoms with Gasteiger partial charge in [-0.2, -0.15) is 0 Å². The summed E-state index contributed by atoms with van der Waals surface area (Å²) in [5, 5.41) is 0. The second kappa shape index (κ2) is 4.81. The highest BCUT2D eigenvalue weighted by atomic mass is 16.2. The molecule has 1 aliphatic heterocycles. The first-order valence-corrected chi connectivity index (χ1v) is 9.04. The molecule has 2 aromatic carbocycles. The summed E-state index contributed by atoms with van der Waals surface area (Å²) in [6, 6.07) is 15.0. The highest BCUT2D eigenvalue weighted by Gasteiger charge is 2.60. The molecule has 1 fully saturated rings. The fraction of sp³-hybridized carbons (Fsp3) is 0.364. The van der Waals surface area contributed by atoms with Crippen LogP contribution >= 0.6 is 0 Å². The first-order chi connectivity index (χ1) is 12.0. The van der Waals surface area contributed by atoms with E-state index in [1.54, 1.807) is 7.05 Å². The monoisotopic (exact) mass is 331 g/mol. The van der Waals surface area contributed by atoms with E-state index in [0.717, 1.165) is 0 Å². The van der Waals surface area contributed by atoms with Crippen molar-refractivity contribution in [3.8, 4) is 0 Å². The van der Waals surface area contributed by atoms with Crippen LogP contribution in [0.1, 0.15) is 59.4 Å². The van der Waals surface area contributed by atoms with E-state index in [9.17, 15) is 9.59 Å². The van der Waals surface area contributed by atoms with Gasteiger partial charge in [-0.3, -0.25) is 14.5 Å². The number of likely N-dealkylation sites (tertiary alicyclic amines) is 1. The number of benzene rings is 2. The van der Waals surface area contributed by atoms with Crippen LogP contribution in [0.5, 0.6) is 0 Å². The number of hydrogen-bond donors (Lipinski definition) is 0. The molecule has 25 heavy (non-hydrogen) atoms. The number of amides is 2. The molecule has 4 unspecified atom stereocenters. The summed E-state index contributed by atoms with van der Waals surface area (Å²) in [5.41, 5.74) is 6.26. The number of hydrogen-bond acceptors (Lipinski definition) is 2. The highest BCUT2D eigenvalue weighted by molar-refractivity contribution is 6.07. The first-order valence-electron chi connectivity index (χ1n) is 9.04. The molecule has 3 aliphatic carbocycles. The molecule has 0 spiro atoms. The van der Waals surface area contributed by atoms with E-state index in [0.29, 0.717) is 5.92 Å². The Labute approximate surface area is 147 Å². The summed E-state index contributed by atoms with van der Waals surface area (Å²) >= 11 is 0. The third-order valence-corrected chi connectivity index (χ3v) is 6.45. The van der Waals surface area contributed by atoms with Gasteiger partial charge < -0.3 is 0 Å². The Morgan fingerprint density at radius 3 is 1.88 bits per heavy atom. The Morgan fingerprint density at radius 2 is 1.32 bits per heavy atom. The third kappa shape index (κ3) is 1.71. The number of carbonyl (C=O) groups is 2. The summed E-state index contributed by atoms with van der Waals surface area (Å²) < 4.78 is 0. The minimum atomic E-state index is -0.243. The van der Waals surface area contributed by atoms with Gasteiger partial charge in [0, 0.05) is 18.9 Å². The van der Waals surface area contributed by atoms with Crippen LogP contribution in [0.4, 0.5) is 0 Å². The second-order valence-electron chi connectivity index (χ2n) is 7.91. The molecule has 4 aliphatic rings. The van der Waals surface area contributed by atoms with Gasteiger partial charge in [0.05, 0.1) is 11.8 Å². The molecule has 1 heterocycles. The van der Waals surface area contributed by atoms with E-state index in [1.165, 1.54) is 32.7 Å². The molecule has 2 aromatic rings. The Kier molecular flexibility index (Phi) is 2.87. The van der Waals surface area contributed by atoms with Crippen molar-refractivity contribution in [1.29, 1.82) is 0 Å². The molecule has 2 amide bonds. The van der Waals surface area contributed by atoms with E-state index >= 15 is 0 Å². The first kappa shape index (κ1) is 14.9. The van der Waals surface area contributed by atoms with Gasteiger partial charge in [0.15, 0.2) is 0 Å². The van der Waals surface area contributed by atoms with Crippen LogP contribution in [0.3, 0.4) is 0 Å². The lowest BCUT2D eigenvalue weighted by atomic mass is 9.54. The summed E-state index contributed by atoms with van der Waals surface area (Å²) in [6.07, 6.45) is 0. The van der Waals surface area contributed by atoms with Crippen LogP contribution in [0.15, 0.2) is 42.5 Å². The van der Waals surface area contributed by atoms with Gasteiger partial charge >= 0.3 is 0 Å². The van der Waals surface area contributed by atoms with Crippen molar-refractivity contribution in [1.82, 2.24) is 4.90 Å². The molecule has 2 bridgehead atoms. The van der Waals surface area contributed by atoms with E-state index < -0.39 is 0 Å². The standard InChI is InChI=1S/C22H21NO2/c1-11(2)12-8-9-15-16(10-12)18-14-7-5-4-6-13(14)17(15)19-20(18)22(25)23(3)21(19)24/h4-11,17-20H,1-3H3. The third-order valence-electron chi connectivity index (χ3n) is 6.45. The Bertz CT molecular complexity index is 929. The average Bonchev–Trinajstić information content (AvgIpc) is 2.86. The molecule has 1 saturated heterocycles. The van der Waals surface area contributed by atoms with Crippen LogP contribution in [-0.4, -0.2) is 23.8 Å². The molecular weight excluding hydrogens is 310 g/mol. The minimum Gasteiger partial charge on any atom is -0.285 e. The maximum atomic E-state index is 12.9. The van der Waals surface area contributed by atoms with Crippen LogP contribution in [0.25, 0.3) is 0 Å². The molecule has 4 atom stereocenters. The molecule has 126 valence electrons. The van der Waals surface area contributed by atoms with Gasteiger partial charge in [-0.1, -0.05) is 56.3 Å². The van der Waals surface area contributed by atoms with E-state index in [1.807, 2.05) is 12.1 Å². The predicted molar refractivity (Wildman–Crippen MR) is 95.4 cm³/mol. The van der Waals surface area contributed by atoms with Gasteiger partial charge in [0.1, 0.15) is 0 Å². The van der Waals surface area contributed by atoms with Crippen molar-refractivity contribution < 1.29 is 9.59 Å². The van der Waals surface area contributed by atoms with Gasteiger partial charge in [0.2, 0.25) is 11.8 Å². The lowest BCUT2D eigenvalue weighted by molar-refractivity contribution is -0.138. The second-order valence-corrected chi connectivity index (χ2v) is 7.91. The van der Waals surface area contributed by atoms with Gasteiger partial charge in [-0.15, -0.1) is 0 Å². The topological polar surface area (TPSA) is 37.4 Å². The van der Waals surface area contributed by atoms with Crippen molar-refractivity contribution >= 4 is 11.8 Å². The van der Waals surface area contributed by atoms with Crippen molar-refractivity contribution in [2.45, 2.75) is 31.6 Å². The smallest absolute Gasteiger partial charge is 0.233 e. The van der Waals surface area contributed by atoms with Crippen LogP contribution in [-0.2, 0) is 9.59 Å². The van der Waals surface area contributed by atoms with Crippen LogP contribution in [0.2, 0.25) is 0 Å². The summed E-state index contributed by atoms with van der Waals surface area (Å²) in [4.78, 5) is 27.1. The fourth-order valence-electron chi connectivity index (χ4n) is 5.25. The molecule has 0 aromatic heterocycles. The maximum absolute atomic E-state index is 12.9. The van der Waals surface area contributed by atoms with E-state index in [4.69, 9.17) is 0 Å². The zero-order valence-corrected chi connectivity index (χ0v) is 14.7. The Morgan fingerprint density at radius 1 is 0.800 bits per heavy atom. The predicted octanol–water partition coefficient (Wildman–Crippen LogP) is 3.63. The van der Waals surface area contributed by atoms with E-state index in [2.05, 4.69) is 44.2 Å². The normalized spacial score (nSPS) is 29.0. The molecule has 3 heteroatoms. The number of nitrogens with zero attached hydrogens (tertiary/aromatic N) is 1. The minimum absolute atomic E-state index is 0.00120. The maximum Gasteiger partial charge on any atom is 0.233 e. The Hall–Kier alpha value is -2.42. The van der Waals surface area contributed by atoms with Gasteiger partial charge in [-0.05, 0) is 33.7 Å². The average molecular weight is 331 g/mol. The lowest BCUT2D eigenvalue weighted by Gasteiger charge is -2.46. The molecule has 6 rings (SSSR count). The van der Waals surface area contributed by atoms with Crippen molar-refractivity contribution in [2.24, 2.45) is 11.8 Å². The van der Waals surface area contributed by atoms with Crippen molar-refractivity contribution in [3.63, 3.8) is 0 Å². The Balaban J connectivity index is 1.81. The van der Waals surface area contributed by atoms with E-state index in [-0.39, 0.29) is 35.5 Å². The number of imide groups is 1. The number of carbonyl (C=O) groups excluding carboxylic acids is 2. The molecule has 3 nitrogen and oxygen atoms in total. The SMILES string of the molecule is CC(C)c1ccc2c(c1)C1c3ccccc3C2C2C(=O)N(C)C(=O)C12. The molecule has 0 N–H and O–H groups in total. The van der Waals surface area contributed by atoms with Gasteiger partial charge in [0.25, 0.3) is 0 Å². The fourth-order valence-corrected chi connectivity index (χ4v) is 5.25. The van der Waals surface area contributed by atoms with Gasteiger partial charge in [-0.25, -0.2) is 0 Å². The summed E-state index contributed by atoms with van der Waals surface area (Å²) in [6.45, 7) is 4.38. The summed E-state index contributed by atoms with van der Waals surface area (Å²) in [7, 11) is 1.64. The molecule has 0 radical (unpaired) electrons. The highest BCUT2D eigenvalue weighted by Crippen LogP contribution is 2.61. The zero-order chi connectivity index (χ0) is 17.5. The molecular formula is C22H21NO2. The largest absolute Gasteiger partial charge is 0.285 e. The number of rotatable bonds is 1.